The second-order valence-electron chi connectivity index (χ2n) is 11.8. The molecule has 2 aliphatic carbocycles. The Hall–Kier alpha value is -2.99. The molecule has 1 saturated heterocycles. The lowest BCUT2D eigenvalue weighted by atomic mass is 9.92. The smallest absolute Gasteiger partial charge is 0.417 e. The average molecular weight is 516 g/mol. The third-order valence-corrected chi connectivity index (χ3v) is 12.2. The maximum absolute atomic E-state index is 14.5. The number of ketones is 1. The lowest BCUT2D eigenvalue weighted by Crippen LogP contribution is -2.42. The zero-order chi connectivity index (χ0) is 26.4. The van der Waals surface area contributed by atoms with Crippen LogP contribution in [-0.4, -0.2) is 37.4 Å². The molecule has 0 spiro atoms. The Balaban J connectivity index is 1.59. The van der Waals surface area contributed by atoms with Crippen LogP contribution in [0.15, 0.2) is 66.7 Å². The highest BCUT2D eigenvalue weighted by Crippen LogP contribution is 2.86. The molecule has 1 heterocycles. The summed E-state index contributed by atoms with van der Waals surface area (Å²) in [6, 6.07) is 18.9. The Kier molecular flexibility index (Phi) is 6.51. The predicted octanol–water partition coefficient (Wildman–Crippen LogP) is 7.04. The van der Waals surface area contributed by atoms with Crippen LogP contribution in [0.25, 0.3) is 5.57 Å². The van der Waals surface area contributed by atoms with Gasteiger partial charge in [-0.25, -0.2) is 9.69 Å². The number of carbonyl (C=O) groups is 3. The molecule has 6 heteroatoms. The van der Waals surface area contributed by atoms with E-state index in [9.17, 15) is 14.4 Å². The van der Waals surface area contributed by atoms with E-state index in [4.69, 9.17) is 4.74 Å². The number of benzene rings is 2. The summed E-state index contributed by atoms with van der Waals surface area (Å²) in [6.07, 6.45) is 6.61. The van der Waals surface area contributed by atoms with Gasteiger partial charge in [-0.1, -0.05) is 119 Å². The SMILES string of the molecule is CCCCCC[C@]12C=C(c3ccccc3)C(=O)[C@@]1([Si](C)(C)C)[C@@H]2C(=O)N1C(=O)OC[C@@H]1c1ccccc1. The highest BCUT2D eigenvalue weighted by molar-refractivity contribution is 6.86. The van der Waals surface area contributed by atoms with Crippen LogP contribution in [0.2, 0.25) is 24.7 Å². The first-order valence-corrected chi connectivity index (χ1v) is 17.1. The van der Waals surface area contributed by atoms with Crippen molar-refractivity contribution >= 4 is 31.4 Å². The molecular formula is C31H37NO4Si. The molecule has 0 aromatic heterocycles. The molecule has 5 rings (SSSR count). The van der Waals surface area contributed by atoms with Gasteiger partial charge in [0.25, 0.3) is 0 Å². The first-order valence-electron chi connectivity index (χ1n) is 13.6. The molecule has 4 atom stereocenters. The number of nitrogens with zero attached hydrogens (tertiary/aromatic N) is 1. The van der Waals surface area contributed by atoms with Crippen molar-refractivity contribution in [2.45, 2.75) is 69.7 Å². The third kappa shape index (κ3) is 3.75. The van der Waals surface area contributed by atoms with Crippen molar-refractivity contribution in [1.82, 2.24) is 4.90 Å². The molecule has 3 aliphatic rings. The average Bonchev–Trinajstić information content (AvgIpc) is 3.16. The topological polar surface area (TPSA) is 63.7 Å². The summed E-state index contributed by atoms with van der Waals surface area (Å²) in [5, 5.41) is -0.751. The monoisotopic (exact) mass is 515 g/mol. The quantitative estimate of drug-likeness (QED) is 0.265. The normalized spacial score (nSPS) is 28.6. The summed E-state index contributed by atoms with van der Waals surface area (Å²) in [5.74, 6) is -0.674. The lowest BCUT2D eigenvalue weighted by molar-refractivity contribution is -0.132. The maximum atomic E-state index is 14.5. The second-order valence-corrected chi connectivity index (χ2v) is 17.1. The van der Waals surface area contributed by atoms with Crippen LogP contribution in [0.5, 0.6) is 0 Å². The van der Waals surface area contributed by atoms with E-state index in [-0.39, 0.29) is 18.3 Å². The number of rotatable bonds is 9. The van der Waals surface area contributed by atoms with Gasteiger partial charge in [0, 0.05) is 16.0 Å². The van der Waals surface area contributed by atoms with Crippen molar-refractivity contribution < 1.29 is 19.1 Å². The Morgan fingerprint density at radius 1 is 0.973 bits per heavy atom. The number of ether oxygens (including phenoxy) is 1. The number of hydrogen-bond acceptors (Lipinski definition) is 4. The van der Waals surface area contributed by atoms with Crippen LogP contribution >= 0.6 is 0 Å². The van der Waals surface area contributed by atoms with Crippen molar-refractivity contribution in [3.05, 3.63) is 77.9 Å². The molecule has 1 saturated carbocycles. The standard InChI is InChI=1S/C31H37NO4Si/c1-5-6-7-14-19-30-20-24(22-15-10-8-11-16-22)27(33)31(30,37(2,3)4)26(30)28(34)32-25(21-36-29(32)35)23-17-12-9-13-18-23/h8-13,15-18,20,25-26H,5-7,14,19,21H2,1-4H3/t25-,26-,30-,31+/m1/s1. The van der Waals surface area contributed by atoms with Crippen LogP contribution in [0.4, 0.5) is 4.79 Å². The van der Waals surface area contributed by atoms with Crippen molar-refractivity contribution in [2.24, 2.45) is 11.3 Å². The number of Topliss-reactive ketones (excluding diaryl/α,β-unsaturated/α-hetero) is 1. The zero-order valence-electron chi connectivity index (χ0n) is 22.3. The molecule has 194 valence electrons. The Morgan fingerprint density at radius 3 is 2.24 bits per heavy atom. The first-order chi connectivity index (χ1) is 17.7. The van der Waals surface area contributed by atoms with Crippen molar-refractivity contribution in [3.8, 4) is 0 Å². The third-order valence-electron chi connectivity index (χ3n) is 8.86. The molecule has 2 amide bonds. The molecule has 2 aromatic carbocycles. The summed E-state index contributed by atoms with van der Waals surface area (Å²) < 4.78 is 5.41. The highest BCUT2D eigenvalue weighted by atomic mass is 28.3. The number of hydrogen-bond donors (Lipinski definition) is 0. The van der Waals surface area contributed by atoms with E-state index in [1.54, 1.807) is 0 Å². The fourth-order valence-corrected chi connectivity index (χ4v) is 11.1. The van der Waals surface area contributed by atoms with Gasteiger partial charge in [-0.2, -0.15) is 0 Å². The molecule has 37 heavy (non-hydrogen) atoms. The maximum Gasteiger partial charge on any atom is 0.417 e. The van der Waals surface area contributed by atoms with Crippen LogP contribution < -0.4 is 0 Å². The molecular weight excluding hydrogens is 478 g/mol. The molecule has 0 radical (unpaired) electrons. The van der Waals surface area contributed by atoms with Gasteiger partial charge in [0.05, 0.1) is 14.0 Å². The van der Waals surface area contributed by atoms with Crippen molar-refractivity contribution in [1.29, 1.82) is 0 Å². The molecule has 5 nitrogen and oxygen atoms in total. The fourth-order valence-electron chi connectivity index (χ4n) is 7.32. The number of fused-ring (bicyclic) bond motifs is 1. The minimum atomic E-state index is -2.25. The molecule has 0 bridgehead atoms. The van der Waals surface area contributed by atoms with E-state index >= 15 is 0 Å². The lowest BCUT2D eigenvalue weighted by Gasteiger charge is -2.30. The van der Waals surface area contributed by atoms with E-state index < -0.39 is 36.6 Å². The molecule has 2 aromatic rings. The van der Waals surface area contributed by atoms with Gasteiger partial charge in [-0.3, -0.25) is 9.59 Å². The predicted molar refractivity (Wildman–Crippen MR) is 148 cm³/mol. The molecule has 0 N–H and O–H groups in total. The van der Waals surface area contributed by atoms with Crippen LogP contribution in [0, 0.1) is 11.3 Å². The highest BCUT2D eigenvalue weighted by Gasteiger charge is 2.88. The Bertz CT molecular complexity index is 1230. The summed E-state index contributed by atoms with van der Waals surface area (Å²) in [4.78, 5) is 43.2. The molecule has 0 unspecified atom stereocenters. The van der Waals surface area contributed by atoms with Crippen LogP contribution in [0.3, 0.4) is 0 Å². The van der Waals surface area contributed by atoms with Crippen LogP contribution in [-0.2, 0) is 14.3 Å². The van der Waals surface area contributed by atoms with Gasteiger partial charge in [-0.05, 0) is 17.5 Å². The van der Waals surface area contributed by atoms with Gasteiger partial charge in [0.15, 0.2) is 5.78 Å². The minimum absolute atomic E-state index is 0.0931. The minimum Gasteiger partial charge on any atom is -0.446 e. The number of allylic oxidation sites excluding steroid dienone is 2. The zero-order valence-corrected chi connectivity index (χ0v) is 23.3. The van der Waals surface area contributed by atoms with Crippen molar-refractivity contribution in [2.75, 3.05) is 6.61 Å². The largest absolute Gasteiger partial charge is 0.446 e. The Labute approximate surface area is 220 Å². The van der Waals surface area contributed by atoms with E-state index in [0.717, 1.165) is 48.8 Å². The second kappa shape index (κ2) is 9.39. The van der Waals surface area contributed by atoms with Gasteiger partial charge >= 0.3 is 6.09 Å². The molecule has 2 fully saturated rings. The summed E-state index contributed by atoms with van der Waals surface area (Å²) in [6.45, 7) is 8.94. The number of cyclic esters (lactones) is 1. The van der Waals surface area contributed by atoms with Gasteiger partial charge in [0.1, 0.15) is 12.6 Å². The van der Waals surface area contributed by atoms with Gasteiger partial charge in [-0.15, -0.1) is 0 Å². The number of amides is 2. The number of carbonyl (C=O) groups excluding carboxylic acids is 3. The Morgan fingerprint density at radius 2 is 1.62 bits per heavy atom. The number of unbranched alkanes of at least 4 members (excludes halogenated alkanes) is 3. The van der Waals surface area contributed by atoms with E-state index in [1.165, 1.54) is 4.90 Å². The fraction of sp³-hybridized carbons (Fsp3) is 0.452. The molecule has 1 aliphatic heterocycles. The van der Waals surface area contributed by atoms with Gasteiger partial charge in [0.2, 0.25) is 5.91 Å². The van der Waals surface area contributed by atoms with Crippen LogP contribution in [0.1, 0.15) is 56.2 Å². The van der Waals surface area contributed by atoms with E-state index in [0.29, 0.717) is 0 Å². The first kappa shape index (κ1) is 25.6. The summed E-state index contributed by atoms with van der Waals surface area (Å²) >= 11 is 0. The van der Waals surface area contributed by atoms with E-state index in [2.05, 4.69) is 32.6 Å². The number of imide groups is 1. The summed E-state index contributed by atoms with van der Waals surface area (Å²) in [7, 11) is -2.25. The van der Waals surface area contributed by atoms with Gasteiger partial charge < -0.3 is 4.74 Å². The van der Waals surface area contributed by atoms with Crippen molar-refractivity contribution in [3.63, 3.8) is 0 Å². The summed E-state index contributed by atoms with van der Waals surface area (Å²) in [5.41, 5.74) is 1.98. The van der Waals surface area contributed by atoms with E-state index in [1.807, 2.05) is 60.7 Å².